The first kappa shape index (κ1) is 17.0. The van der Waals surface area contributed by atoms with Gasteiger partial charge in [0.05, 0.1) is 6.10 Å². The summed E-state index contributed by atoms with van der Waals surface area (Å²) in [6.45, 7) is 13.8. The molecule has 0 spiro atoms. The van der Waals surface area contributed by atoms with Gasteiger partial charge in [-0.2, -0.15) is 0 Å². The lowest BCUT2D eigenvalue weighted by Gasteiger charge is -2.17. The Kier molecular flexibility index (Phi) is 7.00. The minimum atomic E-state index is 0.223. The van der Waals surface area contributed by atoms with Gasteiger partial charge in [0.15, 0.2) is 0 Å². The van der Waals surface area contributed by atoms with Crippen LogP contribution in [0, 0.1) is 0 Å². The monoisotopic (exact) mass is 278 g/mol. The summed E-state index contributed by atoms with van der Waals surface area (Å²) in [4.78, 5) is 4.63. The molecule has 0 fully saturated rings. The van der Waals surface area contributed by atoms with E-state index >= 15 is 0 Å². The fourth-order valence-corrected chi connectivity index (χ4v) is 2.03. The minimum Gasteiger partial charge on any atom is -0.475 e. The van der Waals surface area contributed by atoms with Crippen LogP contribution < -0.4 is 10.1 Å². The number of pyridine rings is 1. The molecule has 0 aromatic carbocycles. The largest absolute Gasteiger partial charge is 0.475 e. The summed E-state index contributed by atoms with van der Waals surface area (Å²) in [7, 11) is 0. The van der Waals surface area contributed by atoms with Crippen molar-refractivity contribution in [2.24, 2.45) is 0 Å². The van der Waals surface area contributed by atoms with Gasteiger partial charge in [0.2, 0.25) is 5.88 Å². The smallest absolute Gasteiger partial charge is 0.214 e. The quantitative estimate of drug-likeness (QED) is 0.771. The van der Waals surface area contributed by atoms with Gasteiger partial charge in [-0.15, -0.1) is 0 Å². The van der Waals surface area contributed by atoms with Gasteiger partial charge in [0.25, 0.3) is 0 Å². The Bertz CT molecular complexity index is 402. The Morgan fingerprint density at radius 2 is 1.85 bits per heavy atom. The summed E-state index contributed by atoms with van der Waals surface area (Å²) < 4.78 is 5.95. The van der Waals surface area contributed by atoms with Crippen LogP contribution in [0.2, 0.25) is 0 Å². The van der Waals surface area contributed by atoms with Gasteiger partial charge in [0, 0.05) is 24.3 Å². The Labute approximate surface area is 124 Å². The molecule has 0 radical (unpaired) electrons. The molecule has 0 saturated carbocycles. The molecule has 0 aliphatic carbocycles. The maximum absolute atomic E-state index is 5.95. The van der Waals surface area contributed by atoms with E-state index in [1.165, 1.54) is 5.56 Å². The molecule has 1 rings (SSSR count). The summed E-state index contributed by atoms with van der Waals surface area (Å²) in [5, 5.41) is 3.45. The molecule has 0 amide bonds. The van der Waals surface area contributed by atoms with E-state index in [1.54, 1.807) is 0 Å². The Morgan fingerprint density at radius 1 is 1.15 bits per heavy atom. The average Bonchev–Trinajstić information content (AvgIpc) is 2.36. The fourth-order valence-electron chi connectivity index (χ4n) is 2.03. The van der Waals surface area contributed by atoms with Gasteiger partial charge < -0.3 is 10.1 Å². The van der Waals surface area contributed by atoms with E-state index in [0.29, 0.717) is 12.0 Å². The number of nitrogens with one attached hydrogen (secondary N) is 1. The van der Waals surface area contributed by atoms with Crippen molar-refractivity contribution in [2.45, 2.75) is 79.0 Å². The Hall–Kier alpha value is -1.09. The van der Waals surface area contributed by atoms with Gasteiger partial charge >= 0.3 is 0 Å². The predicted molar refractivity (Wildman–Crippen MR) is 85.3 cm³/mol. The zero-order valence-corrected chi connectivity index (χ0v) is 13.9. The first-order chi connectivity index (χ1) is 9.42. The SMILES string of the molecule is CCCC(C)Oc1cc(CNC(C)C)cc(C(C)C)n1. The third-order valence-electron chi connectivity index (χ3n) is 3.20. The van der Waals surface area contributed by atoms with Crippen molar-refractivity contribution >= 4 is 0 Å². The molecule has 3 nitrogen and oxygen atoms in total. The van der Waals surface area contributed by atoms with E-state index < -0.39 is 0 Å². The van der Waals surface area contributed by atoms with Crippen LogP contribution in [0.1, 0.15) is 71.6 Å². The second-order valence-electron chi connectivity index (χ2n) is 6.15. The van der Waals surface area contributed by atoms with Crippen LogP contribution in [-0.2, 0) is 6.54 Å². The van der Waals surface area contributed by atoms with Crippen LogP contribution in [0.15, 0.2) is 12.1 Å². The third kappa shape index (κ3) is 5.91. The number of nitrogens with zero attached hydrogens (tertiary/aromatic N) is 1. The normalized spacial score (nSPS) is 13.0. The first-order valence-electron chi connectivity index (χ1n) is 7.83. The molecule has 1 unspecified atom stereocenters. The van der Waals surface area contributed by atoms with Crippen LogP contribution in [0.5, 0.6) is 5.88 Å². The van der Waals surface area contributed by atoms with Crippen molar-refractivity contribution in [1.82, 2.24) is 10.3 Å². The molecule has 0 aliphatic heterocycles. The van der Waals surface area contributed by atoms with Crippen molar-refractivity contribution in [2.75, 3.05) is 0 Å². The van der Waals surface area contributed by atoms with Crippen molar-refractivity contribution < 1.29 is 4.74 Å². The van der Waals surface area contributed by atoms with Crippen LogP contribution in [0.3, 0.4) is 0 Å². The molecule has 3 heteroatoms. The third-order valence-corrected chi connectivity index (χ3v) is 3.20. The molecule has 1 heterocycles. The highest BCUT2D eigenvalue weighted by molar-refractivity contribution is 5.27. The zero-order valence-electron chi connectivity index (χ0n) is 13.9. The summed E-state index contributed by atoms with van der Waals surface area (Å²) in [6, 6.07) is 4.72. The predicted octanol–water partition coefficient (Wildman–Crippen LogP) is 4.27. The van der Waals surface area contributed by atoms with Crippen molar-refractivity contribution in [3.05, 3.63) is 23.4 Å². The molecular weight excluding hydrogens is 248 g/mol. The Morgan fingerprint density at radius 3 is 2.40 bits per heavy atom. The standard InChI is InChI=1S/C17H30N2O/c1-7-8-14(6)20-17-10-15(11-18-13(4)5)9-16(19-17)12(2)3/h9-10,12-14,18H,7-8,11H2,1-6H3. The van der Waals surface area contributed by atoms with E-state index in [9.17, 15) is 0 Å². The highest BCUT2D eigenvalue weighted by atomic mass is 16.5. The lowest BCUT2D eigenvalue weighted by molar-refractivity contribution is 0.200. The summed E-state index contributed by atoms with van der Waals surface area (Å²) >= 11 is 0. The van der Waals surface area contributed by atoms with E-state index in [4.69, 9.17) is 4.74 Å². The summed E-state index contributed by atoms with van der Waals surface area (Å²) in [6.07, 6.45) is 2.42. The number of rotatable bonds is 8. The molecule has 1 aromatic rings. The van der Waals surface area contributed by atoms with E-state index in [1.807, 2.05) is 0 Å². The highest BCUT2D eigenvalue weighted by Crippen LogP contribution is 2.20. The summed E-state index contributed by atoms with van der Waals surface area (Å²) in [5.41, 5.74) is 2.35. The molecule has 1 aromatic heterocycles. The molecule has 0 bridgehead atoms. The topological polar surface area (TPSA) is 34.1 Å². The van der Waals surface area contributed by atoms with E-state index in [-0.39, 0.29) is 6.10 Å². The van der Waals surface area contributed by atoms with E-state index in [0.717, 1.165) is 31.0 Å². The second kappa shape index (κ2) is 8.25. The first-order valence-corrected chi connectivity index (χ1v) is 7.83. The lowest BCUT2D eigenvalue weighted by atomic mass is 10.1. The molecule has 0 aliphatic rings. The fraction of sp³-hybridized carbons (Fsp3) is 0.706. The van der Waals surface area contributed by atoms with Crippen LogP contribution in [0.4, 0.5) is 0 Å². The maximum Gasteiger partial charge on any atom is 0.214 e. The number of ether oxygens (including phenoxy) is 1. The summed E-state index contributed by atoms with van der Waals surface area (Å²) in [5.74, 6) is 1.18. The van der Waals surface area contributed by atoms with Gasteiger partial charge in [-0.25, -0.2) is 4.98 Å². The second-order valence-corrected chi connectivity index (χ2v) is 6.15. The molecule has 20 heavy (non-hydrogen) atoms. The minimum absolute atomic E-state index is 0.223. The molecule has 1 N–H and O–H groups in total. The van der Waals surface area contributed by atoms with Gasteiger partial charge in [-0.1, -0.05) is 41.0 Å². The number of aromatic nitrogens is 1. The van der Waals surface area contributed by atoms with Gasteiger partial charge in [0.1, 0.15) is 0 Å². The van der Waals surface area contributed by atoms with Crippen LogP contribution in [-0.4, -0.2) is 17.1 Å². The molecule has 0 saturated heterocycles. The molecular formula is C17H30N2O. The zero-order chi connectivity index (χ0) is 15.1. The van der Waals surface area contributed by atoms with Crippen molar-refractivity contribution in [3.63, 3.8) is 0 Å². The maximum atomic E-state index is 5.95. The molecule has 1 atom stereocenters. The van der Waals surface area contributed by atoms with Crippen LogP contribution in [0.25, 0.3) is 0 Å². The molecule has 114 valence electrons. The van der Waals surface area contributed by atoms with Crippen molar-refractivity contribution in [3.8, 4) is 5.88 Å². The Balaban J connectivity index is 2.86. The van der Waals surface area contributed by atoms with Crippen molar-refractivity contribution in [1.29, 1.82) is 0 Å². The van der Waals surface area contributed by atoms with Gasteiger partial charge in [-0.3, -0.25) is 0 Å². The average molecular weight is 278 g/mol. The number of hydrogen-bond acceptors (Lipinski definition) is 3. The highest BCUT2D eigenvalue weighted by Gasteiger charge is 2.10. The lowest BCUT2D eigenvalue weighted by Crippen LogP contribution is -2.22. The number of hydrogen-bond donors (Lipinski definition) is 1. The van der Waals surface area contributed by atoms with Crippen LogP contribution >= 0.6 is 0 Å². The van der Waals surface area contributed by atoms with Gasteiger partial charge in [-0.05, 0) is 30.9 Å². The van der Waals surface area contributed by atoms with E-state index in [2.05, 4.69) is 64.0 Å².